The van der Waals surface area contributed by atoms with Crippen LogP contribution in [-0.4, -0.2) is 57.3 Å². The molecule has 0 aromatic carbocycles. The fourth-order valence-electron chi connectivity index (χ4n) is 8.32. The van der Waals surface area contributed by atoms with Gasteiger partial charge >= 0.3 is 0 Å². The van der Waals surface area contributed by atoms with Gasteiger partial charge in [-0.15, -0.1) is 0 Å². The SMILES string of the molecule is CCCCCCCCCCC/C=C\C/C=C\CCCCCCCCCCCCCCC(O)C(=O)NC(CO)C(O)C(O)CCC/C=C/CCCCCCCCCCCCCC. The van der Waals surface area contributed by atoms with Crippen LogP contribution in [0.2, 0.25) is 0 Å². The van der Waals surface area contributed by atoms with Gasteiger partial charge in [0, 0.05) is 0 Å². The van der Waals surface area contributed by atoms with Crippen molar-refractivity contribution in [1.29, 1.82) is 0 Å². The highest BCUT2D eigenvalue weighted by molar-refractivity contribution is 5.80. The number of carbonyl (C=O) groups is 1. The van der Waals surface area contributed by atoms with E-state index in [0.29, 0.717) is 12.8 Å². The molecule has 6 nitrogen and oxygen atoms in total. The van der Waals surface area contributed by atoms with E-state index < -0.39 is 36.9 Å². The van der Waals surface area contributed by atoms with E-state index in [0.717, 1.165) is 44.9 Å². The molecule has 5 N–H and O–H groups in total. The number of hydrogen-bond donors (Lipinski definition) is 5. The largest absolute Gasteiger partial charge is 0.394 e. The van der Waals surface area contributed by atoms with Crippen molar-refractivity contribution in [2.45, 2.75) is 301 Å². The van der Waals surface area contributed by atoms with Crippen LogP contribution in [0.15, 0.2) is 36.5 Å². The van der Waals surface area contributed by atoms with Crippen LogP contribution in [0.3, 0.4) is 0 Å². The molecule has 4 atom stereocenters. The van der Waals surface area contributed by atoms with E-state index in [2.05, 4.69) is 55.6 Å². The van der Waals surface area contributed by atoms with Gasteiger partial charge in [0.05, 0.1) is 18.8 Å². The van der Waals surface area contributed by atoms with E-state index in [1.165, 1.54) is 205 Å². The second-order valence-electron chi connectivity index (χ2n) is 18.6. The fraction of sp³-hybridized carbons (Fsp3) is 0.873. The van der Waals surface area contributed by atoms with E-state index in [-0.39, 0.29) is 0 Å². The molecule has 0 heterocycles. The van der Waals surface area contributed by atoms with E-state index in [4.69, 9.17) is 0 Å². The summed E-state index contributed by atoms with van der Waals surface area (Å²) in [5.41, 5.74) is 0. The molecule has 0 bridgehead atoms. The molecular weight excluding hydrogens is 755 g/mol. The highest BCUT2D eigenvalue weighted by Gasteiger charge is 2.28. The molecule has 0 aliphatic carbocycles. The lowest BCUT2D eigenvalue weighted by molar-refractivity contribution is -0.132. The molecule has 61 heavy (non-hydrogen) atoms. The van der Waals surface area contributed by atoms with Gasteiger partial charge in [-0.3, -0.25) is 4.79 Å². The molecule has 1 amide bonds. The zero-order valence-corrected chi connectivity index (χ0v) is 40.7. The predicted molar refractivity (Wildman–Crippen MR) is 265 cm³/mol. The zero-order valence-electron chi connectivity index (χ0n) is 40.7. The second-order valence-corrected chi connectivity index (χ2v) is 18.6. The molecule has 0 fully saturated rings. The number of rotatable bonds is 49. The summed E-state index contributed by atoms with van der Waals surface area (Å²) in [4.78, 5) is 12.6. The van der Waals surface area contributed by atoms with Gasteiger partial charge in [0.25, 0.3) is 0 Å². The monoisotopic (exact) mass is 860 g/mol. The van der Waals surface area contributed by atoms with Crippen LogP contribution in [0, 0.1) is 0 Å². The lowest BCUT2D eigenvalue weighted by atomic mass is 10.00. The molecule has 0 radical (unpaired) electrons. The highest BCUT2D eigenvalue weighted by Crippen LogP contribution is 2.17. The summed E-state index contributed by atoms with van der Waals surface area (Å²) in [5.74, 6) is -0.593. The summed E-state index contributed by atoms with van der Waals surface area (Å²) < 4.78 is 0. The van der Waals surface area contributed by atoms with Gasteiger partial charge in [-0.05, 0) is 70.6 Å². The number of nitrogens with one attached hydrogen (secondary N) is 1. The van der Waals surface area contributed by atoms with Crippen LogP contribution in [0.1, 0.15) is 277 Å². The maximum Gasteiger partial charge on any atom is 0.249 e. The Hall–Kier alpha value is -1.47. The first-order valence-electron chi connectivity index (χ1n) is 26.9. The van der Waals surface area contributed by atoms with Crippen molar-refractivity contribution in [3.63, 3.8) is 0 Å². The lowest BCUT2D eigenvalue weighted by Gasteiger charge is -2.27. The van der Waals surface area contributed by atoms with Crippen LogP contribution in [0.5, 0.6) is 0 Å². The number of amides is 1. The number of carbonyl (C=O) groups excluding carboxylic acids is 1. The predicted octanol–water partition coefficient (Wildman–Crippen LogP) is 15.2. The maximum absolute atomic E-state index is 12.6. The quantitative estimate of drug-likeness (QED) is 0.0309. The van der Waals surface area contributed by atoms with E-state index in [1.54, 1.807) is 0 Å². The minimum atomic E-state index is -1.28. The van der Waals surface area contributed by atoms with Crippen molar-refractivity contribution in [3.05, 3.63) is 36.5 Å². The summed E-state index contributed by atoms with van der Waals surface area (Å²) in [6, 6.07) is -1.00. The minimum absolute atomic E-state index is 0.362. The molecule has 0 aliphatic rings. The Morgan fingerprint density at radius 3 is 1.08 bits per heavy atom. The molecule has 0 rings (SSSR count). The lowest BCUT2D eigenvalue weighted by Crippen LogP contribution is -2.53. The molecular formula is C55H105NO5. The van der Waals surface area contributed by atoms with E-state index >= 15 is 0 Å². The van der Waals surface area contributed by atoms with Crippen molar-refractivity contribution in [2.24, 2.45) is 0 Å². The van der Waals surface area contributed by atoms with Crippen molar-refractivity contribution < 1.29 is 25.2 Å². The topological polar surface area (TPSA) is 110 Å². The van der Waals surface area contributed by atoms with Crippen molar-refractivity contribution >= 4 is 5.91 Å². The Morgan fingerprint density at radius 1 is 0.410 bits per heavy atom. The molecule has 0 aromatic rings. The number of allylic oxidation sites excluding steroid dienone is 6. The van der Waals surface area contributed by atoms with Crippen molar-refractivity contribution in [1.82, 2.24) is 5.32 Å². The molecule has 4 unspecified atom stereocenters. The van der Waals surface area contributed by atoms with Crippen LogP contribution < -0.4 is 5.32 Å². The first-order valence-corrected chi connectivity index (χ1v) is 26.9. The van der Waals surface area contributed by atoms with Crippen LogP contribution in [0.25, 0.3) is 0 Å². The van der Waals surface area contributed by atoms with E-state index in [9.17, 15) is 25.2 Å². The number of unbranched alkanes of at least 4 members (excludes halogenated alkanes) is 34. The molecule has 360 valence electrons. The second kappa shape index (κ2) is 49.5. The maximum atomic E-state index is 12.6. The Kier molecular flexibility index (Phi) is 48.3. The Morgan fingerprint density at radius 2 is 0.721 bits per heavy atom. The Bertz CT molecular complexity index is 966. The third-order valence-corrected chi connectivity index (χ3v) is 12.6. The van der Waals surface area contributed by atoms with Crippen LogP contribution in [-0.2, 0) is 4.79 Å². The number of hydrogen-bond acceptors (Lipinski definition) is 5. The van der Waals surface area contributed by atoms with Crippen LogP contribution >= 0.6 is 0 Å². The third-order valence-electron chi connectivity index (χ3n) is 12.6. The van der Waals surface area contributed by atoms with Gasteiger partial charge in [0.1, 0.15) is 12.2 Å². The summed E-state index contributed by atoms with van der Waals surface area (Å²) >= 11 is 0. The number of aliphatic hydroxyl groups is 4. The summed E-state index contributed by atoms with van der Waals surface area (Å²) in [7, 11) is 0. The summed E-state index contributed by atoms with van der Waals surface area (Å²) in [5, 5.41) is 43.9. The molecule has 0 aliphatic heterocycles. The molecule has 0 saturated carbocycles. The Labute approximate surface area is 379 Å². The summed E-state index contributed by atoms with van der Waals surface area (Å²) in [6.45, 7) is 4.06. The molecule has 6 heteroatoms. The molecule has 0 spiro atoms. The van der Waals surface area contributed by atoms with Gasteiger partial charge in [-0.1, -0.05) is 243 Å². The smallest absolute Gasteiger partial charge is 0.249 e. The molecule has 0 aromatic heterocycles. The van der Waals surface area contributed by atoms with Crippen LogP contribution in [0.4, 0.5) is 0 Å². The van der Waals surface area contributed by atoms with Gasteiger partial charge in [-0.2, -0.15) is 0 Å². The standard InChI is InChI=1S/C55H105NO5/c1-3-5-7-9-11-13-15-17-19-21-22-23-24-25-26-27-28-29-30-31-33-35-37-39-41-43-45-47-49-53(59)55(61)56-51(50-57)54(60)52(58)48-46-44-42-40-38-36-34-32-20-18-16-14-12-10-8-6-4-2/h22-23,25-26,40,42,51-54,57-60H,3-21,24,27-39,41,43-50H2,1-2H3,(H,56,61)/b23-22-,26-25-,42-40+. The molecule has 0 saturated heterocycles. The van der Waals surface area contributed by atoms with Gasteiger partial charge in [-0.25, -0.2) is 0 Å². The normalized spacial score (nSPS) is 14.1. The fourth-order valence-corrected chi connectivity index (χ4v) is 8.32. The Balaban J connectivity index is 3.67. The van der Waals surface area contributed by atoms with Crippen molar-refractivity contribution in [3.8, 4) is 0 Å². The first-order chi connectivity index (χ1) is 30.0. The zero-order chi connectivity index (χ0) is 44.5. The first kappa shape index (κ1) is 59.5. The van der Waals surface area contributed by atoms with Gasteiger partial charge in [0.2, 0.25) is 5.91 Å². The average molecular weight is 860 g/mol. The minimum Gasteiger partial charge on any atom is -0.394 e. The highest BCUT2D eigenvalue weighted by atomic mass is 16.3. The third kappa shape index (κ3) is 43.6. The average Bonchev–Trinajstić information content (AvgIpc) is 3.26. The summed E-state index contributed by atoms with van der Waals surface area (Å²) in [6.07, 6.45) is 60.6. The van der Waals surface area contributed by atoms with Gasteiger partial charge < -0.3 is 25.7 Å². The number of aliphatic hydroxyl groups excluding tert-OH is 4. The van der Waals surface area contributed by atoms with Crippen molar-refractivity contribution in [2.75, 3.05) is 6.61 Å². The van der Waals surface area contributed by atoms with Gasteiger partial charge in [0.15, 0.2) is 0 Å². The van der Waals surface area contributed by atoms with E-state index in [1.807, 2.05) is 0 Å².